The van der Waals surface area contributed by atoms with Crippen LogP contribution < -0.4 is 5.32 Å². The van der Waals surface area contributed by atoms with Crippen molar-refractivity contribution in [3.63, 3.8) is 0 Å². The van der Waals surface area contributed by atoms with Gasteiger partial charge in [0.25, 0.3) is 0 Å². The zero-order chi connectivity index (χ0) is 11.9. The molecule has 0 aromatic heterocycles. The zero-order valence-electron chi connectivity index (χ0n) is 10.1. The minimum atomic E-state index is -0.430. The Kier molecular flexibility index (Phi) is 5.90. The first-order chi connectivity index (χ1) is 6.85. The summed E-state index contributed by atoms with van der Waals surface area (Å²) in [5.41, 5.74) is 0.682. The van der Waals surface area contributed by atoms with Crippen molar-refractivity contribution in [2.45, 2.75) is 45.6 Å². The maximum atomic E-state index is 11.2. The van der Waals surface area contributed by atoms with Gasteiger partial charge in [-0.15, -0.1) is 0 Å². The molecule has 86 valence electrons. The number of hydrogen-bond donors (Lipinski definition) is 1. The van der Waals surface area contributed by atoms with E-state index in [1.165, 1.54) is 0 Å². The van der Waals surface area contributed by atoms with Crippen LogP contribution in [0.5, 0.6) is 0 Å². The Labute approximate surface area is 92.9 Å². The second kappa shape index (κ2) is 6.38. The normalized spacial score (nSPS) is 10.9. The molecule has 3 heteroatoms. The number of amides is 1. The van der Waals surface area contributed by atoms with Gasteiger partial charge in [-0.1, -0.05) is 6.58 Å². The average molecular weight is 212 g/mol. The fourth-order valence-corrected chi connectivity index (χ4v) is 0.968. The molecule has 1 amide bonds. The van der Waals surface area contributed by atoms with E-state index in [1.54, 1.807) is 0 Å². The van der Waals surface area contributed by atoms with E-state index >= 15 is 0 Å². The maximum Gasteiger partial charge on any atom is 0.407 e. The van der Waals surface area contributed by atoms with Crippen LogP contribution in [0.25, 0.3) is 0 Å². The van der Waals surface area contributed by atoms with Crippen LogP contribution in [0.3, 0.4) is 0 Å². The van der Waals surface area contributed by atoms with Crippen molar-refractivity contribution in [2.75, 3.05) is 6.54 Å². The summed E-state index contributed by atoms with van der Waals surface area (Å²) in [7, 11) is 0. The average Bonchev–Trinajstić information content (AvgIpc) is 2.09. The molecule has 0 saturated carbocycles. The summed E-state index contributed by atoms with van der Waals surface area (Å²) in [6, 6.07) is 0. The van der Waals surface area contributed by atoms with Gasteiger partial charge in [0.05, 0.1) is 6.92 Å². The van der Waals surface area contributed by atoms with Crippen LogP contribution in [0.2, 0.25) is 0 Å². The Morgan fingerprint density at radius 2 is 2.07 bits per heavy atom. The molecule has 0 aliphatic heterocycles. The molecule has 0 heterocycles. The molecule has 0 atom stereocenters. The van der Waals surface area contributed by atoms with Gasteiger partial charge in [-0.3, -0.25) is 0 Å². The standard InChI is InChI=1S/C12H21NO2/c1-6-10(2)8-7-9-13-11(14)15-12(3,4)5/h1-2,6-9H2,3-5H3/p+1. The summed E-state index contributed by atoms with van der Waals surface area (Å²) in [5, 5.41) is 2.70. The highest BCUT2D eigenvalue weighted by molar-refractivity contribution is 5.67. The molecule has 0 saturated heterocycles. The van der Waals surface area contributed by atoms with Gasteiger partial charge in [0, 0.05) is 6.54 Å². The molecule has 1 N–H and O–H groups in total. The monoisotopic (exact) mass is 212 g/mol. The first kappa shape index (κ1) is 13.9. The highest BCUT2D eigenvalue weighted by atomic mass is 16.6. The molecular formula is C12H22NO2+. The summed E-state index contributed by atoms with van der Waals surface area (Å²) in [5.74, 6) is 0. The van der Waals surface area contributed by atoms with Crippen molar-refractivity contribution in [3.05, 3.63) is 19.1 Å². The lowest BCUT2D eigenvalue weighted by Crippen LogP contribution is -2.33. The number of nitrogens with one attached hydrogen (secondary N) is 1. The molecular weight excluding hydrogens is 190 g/mol. The molecule has 0 rings (SSSR count). The maximum absolute atomic E-state index is 11.2. The van der Waals surface area contributed by atoms with E-state index in [0.29, 0.717) is 6.54 Å². The van der Waals surface area contributed by atoms with Crippen molar-refractivity contribution < 1.29 is 9.53 Å². The van der Waals surface area contributed by atoms with Gasteiger partial charge in [0.15, 0.2) is 0 Å². The lowest BCUT2D eigenvalue weighted by molar-refractivity contribution is 0.0527. The van der Waals surface area contributed by atoms with Crippen molar-refractivity contribution in [1.29, 1.82) is 0 Å². The van der Waals surface area contributed by atoms with E-state index in [0.717, 1.165) is 24.8 Å². The SMILES string of the molecule is C=C(C[CH2+])CCCNC(=O)OC(C)(C)C. The van der Waals surface area contributed by atoms with Crippen LogP contribution in [-0.2, 0) is 4.74 Å². The Morgan fingerprint density at radius 1 is 1.47 bits per heavy atom. The van der Waals surface area contributed by atoms with Gasteiger partial charge in [-0.2, -0.15) is 0 Å². The second-order valence-electron chi connectivity index (χ2n) is 4.53. The number of rotatable bonds is 5. The van der Waals surface area contributed by atoms with E-state index in [2.05, 4.69) is 18.8 Å². The lowest BCUT2D eigenvalue weighted by atomic mass is 10.1. The predicted octanol–water partition coefficient (Wildman–Crippen LogP) is 3.07. The molecule has 0 fully saturated rings. The van der Waals surface area contributed by atoms with Gasteiger partial charge in [0.1, 0.15) is 12.0 Å². The van der Waals surface area contributed by atoms with E-state index in [9.17, 15) is 4.79 Å². The smallest absolute Gasteiger partial charge is 0.407 e. The minimum Gasteiger partial charge on any atom is -0.444 e. The third-order valence-corrected chi connectivity index (χ3v) is 1.73. The molecule has 0 aliphatic carbocycles. The van der Waals surface area contributed by atoms with Gasteiger partial charge >= 0.3 is 6.09 Å². The minimum absolute atomic E-state index is 0.359. The fraction of sp³-hybridized carbons (Fsp3) is 0.667. The van der Waals surface area contributed by atoms with Crippen LogP contribution in [-0.4, -0.2) is 18.2 Å². The van der Waals surface area contributed by atoms with Crippen LogP contribution >= 0.6 is 0 Å². The molecule has 0 bridgehead atoms. The lowest BCUT2D eigenvalue weighted by Gasteiger charge is -2.19. The third kappa shape index (κ3) is 9.19. The Morgan fingerprint density at radius 3 is 2.53 bits per heavy atom. The first-order valence-electron chi connectivity index (χ1n) is 5.28. The summed E-state index contributed by atoms with van der Waals surface area (Å²) in [6.07, 6.45) is 2.18. The molecule has 0 aliphatic rings. The topological polar surface area (TPSA) is 38.3 Å². The van der Waals surface area contributed by atoms with E-state index in [-0.39, 0.29) is 6.09 Å². The van der Waals surface area contributed by atoms with Gasteiger partial charge in [-0.05, 0) is 39.2 Å². The largest absolute Gasteiger partial charge is 0.444 e. The van der Waals surface area contributed by atoms with Crippen LogP contribution in [0.15, 0.2) is 12.2 Å². The highest BCUT2D eigenvalue weighted by Gasteiger charge is 2.15. The van der Waals surface area contributed by atoms with Gasteiger partial charge in [-0.25, -0.2) is 4.79 Å². The van der Waals surface area contributed by atoms with E-state index in [4.69, 9.17) is 4.74 Å². The molecule has 0 aromatic carbocycles. The number of hydrogen-bond acceptors (Lipinski definition) is 2. The number of ether oxygens (including phenoxy) is 1. The number of carbonyl (C=O) groups excluding carboxylic acids is 1. The Bertz CT molecular complexity index is 216. The van der Waals surface area contributed by atoms with Crippen molar-refractivity contribution >= 4 is 6.09 Å². The molecule has 15 heavy (non-hydrogen) atoms. The van der Waals surface area contributed by atoms with Gasteiger partial charge < -0.3 is 10.1 Å². The highest BCUT2D eigenvalue weighted by Crippen LogP contribution is 2.07. The Balaban J connectivity index is 3.52. The first-order valence-corrected chi connectivity index (χ1v) is 5.28. The van der Waals surface area contributed by atoms with Crippen molar-refractivity contribution in [1.82, 2.24) is 5.32 Å². The predicted molar refractivity (Wildman–Crippen MR) is 62.6 cm³/mol. The molecule has 0 spiro atoms. The molecule has 3 nitrogen and oxygen atoms in total. The fourth-order valence-electron chi connectivity index (χ4n) is 0.968. The third-order valence-electron chi connectivity index (χ3n) is 1.73. The van der Waals surface area contributed by atoms with Crippen molar-refractivity contribution in [2.24, 2.45) is 0 Å². The second-order valence-corrected chi connectivity index (χ2v) is 4.53. The van der Waals surface area contributed by atoms with Crippen LogP contribution in [0, 0.1) is 6.92 Å². The summed E-state index contributed by atoms with van der Waals surface area (Å²) in [4.78, 5) is 11.2. The van der Waals surface area contributed by atoms with Crippen LogP contribution in [0.4, 0.5) is 4.79 Å². The van der Waals surface area contributed by atoms with E-state index < -0.39 is 5.60 Å². The van der Waals surface area contributed by atoms with Crippen LogP contribution in [0.1, 0.15) is 40.0 Å². The number of allylic oxidation sites excluding steroid dienone is 1. The summed E-state index contributed by atoms with van der Waals surface area (Å²) in [6.45, 7) is 13.7. The molecule has 0 aromatic rings. The quantitative estimate of drug-likeness (QED) is 0.432. The zero-order valence-corrected chi connectivity index (χ0v) is 10.1. The van der Waals surface area contributed by atoms with Crippen molar-refractivity contribution in [3.8, 4) is 0 Å². The number of carbonyl (C=O) groups is 1. The number of alkyl carbamates (subject to hydrolysis) is 1. The summed E-state index contributed by atoms with van der Waals surface area (Å²) < 4.78 is 5.09. The summed E-state index contributed by atoms with van der Waals surface area (Å²) >= 11 is 0. The van der Waals surface area contributed by atoms with Gasteiger partial charge in [0.2, 0.25) is 0 Å². The van der Waals surface area contributed by atoms with E-state index in [1.807, 2.05) is 20.8 Å². The molecule has 0 unspecified atom stereocenters. The molecule has 0 radical (unpaired) electrons. The Hall–Kier alpha value is -1.12.